The van der Waals surface area contributed by atoms with Crippen molar-refractivity contribution in [3.63, 3.8) is 0 Å². The third-order valence-corrected chi connectivity index (χ3v) is 5.28. The maximum absolute atomic E-state index is 12.7. The molecular weight excluding hydrogens is 548 g/mol. The fourth-order valence-electron chi connectivity index (χ4n) is 4.04. The second-order valence-corrected chi connectivity index (χ2v) is 7.73. The highest BCUT2D eigenvalue weighted by Crippen LogP contribution is 2.31. The first-order valence-corrected chi connectivity index (χ1v) is 10.4. The Bertz CT molecular complexity index is 751. The maximum Gasteiger partial charge on any atom is 0.401 e. The Balaban J connectivity index is 0.00000363. The van der Waals surface area contributed by atoms with Gasteiger partial charge < -0.3 is 20.3 Å². The van der Waals surface area contributed by atoms with Crippen LogP contribution in [0.25, 0.3) is 0 Å². The number of nitrogens with zero attached hydrogens (tertiary/aromatic N) is 3. The number of benzene rings is 1. The fourth-order valence-corrected chi connectivity index (χ4v) is 4.04. The van der Waals surface area contributed by atoms with E-state index < -0.39 is 19.3 Å². The summed E-state index contributed by atoms with van der Waals surface area (Å²) in [6.45, 7) is 0.517. The van der Waals surface area contributed by atoms with Crippen molar-refractivity contribution in [2.45, 2.75) is 44.6 Å². The monoisotopic (exact) mass is 577 g/mol. The SMILES string of the molecule is CCN=C(NC1CCN(CC(F)(F)F)C1)NC1CCN(c2ccccc2OC(F)F)C1.I. The molecule has 0 amide bonds. The van der Waals surface area contributed by atoms with E-state index in [2.05, 4.69) is 20.4 Å². The minimum absolute atomic E-state index is 0. The number of hydrogen-bond donors (Lipinski definition) is 2. The predicted octanol–water partition coefficient (Wildman–Crippen LogP) is 3.68. The molecule has 3 rings (SSSR count). The van der Waals surface area contributed by atoms with Crippen molar-refractivity contribution in [2.24, 2.45) is 4.99 Å². The van der Waals surface area contributed by atoms with Gasteiger partial charge in [0.25, 0.3) is 0 Å². The van der Waals surface area contributed by atoms with Crippen LogP contribution in [0.4, 0.5) is 27.6 Å². The highest BCUT2D eigenvalue weighted by molar-refractivity contribution is 14.0. The van der Waals surface area contributed by atoms with Gasteiger partial charge in [0, 0.05) is 44.8 Å². The molecule has 2 aliphatic rings. The molecule has 0 radical (unpaired) electrons. The summed E-state index contributed by atoms with van der Waals surface area (Å²) in [5.41, 5.74) is 0.604. The third-order valence-electron chi connectivity index (χ3n) is 5.28. The fraction of sp³-hybridized carbons (Fsp3) is 0.650. The lowest BCUT2D eigenvalue weighted by atomic mass is 10.2. The Morgan fingerprint density at radius 1 is 1.12 bits per heavy atom. The van der Waals surface area contributed by atoms with Crippen LogP contribution in [0.5, 0.6) is 5.75 Å². The number of likely N-dealkylation sites (tertiary alicyclic amines) is 1. The lowest BCUT2D eigenvalue weighted by Crippen LogP contribution is -2.49. The van der Waals surface area contributed by atoms with E-state index in [1.165, 1.54) is 11.0 Å². The summed E-state index contributed by atoms with van der Waals surface area (Å²) in [6.07, 6.45) is -2.83. The number of nitrogens with one attached hydrogen (secondary N) is 2. The number of anilines is 1. The van der Waals surface area contributed by atoms with Gasteiger partial charge in [0.2, 0.25) is 0 Å². The van der Waals surface area contributed by atoms with Crippen molar-refractivity contribution in [3.8, 4) is 5.75 Å². The van der Waals surface area contributed by atoms with Crippen molar-refractivity contribution in [2.75, 3.05) is 44.2 Å². The van der Waals surface area contributed by atoms with E-state index >= 15 is 0 Å². The summed E-state index contributed by atoms with van der Waals surface area (Å²) in [5, 5.41) is 6.57. The topological polar surface area (TPSA) is 52.1 Å². The van der Waals surface area contributed by atoms with Gasteiger partial charge in [0.15, 0.2) is 5.96 Å². The highest BCUT2D eigenvalue weighted by atomic mass is 127. The number of ether oxygens (including phenoxy) is 1. The smallest absolute Gasteiger partial charge is 0.401 e. The van der Waals surface area contributed by atoms with Crippen LogP contribution < -0.4 is 20.3 Å². The first-order valence-electron chi connectivity index (χ1n) is 10.4. The highest BCUT2D eigenvalue weighted by Gasteiger charge is 2.35. The first kappa shape index (κ1) is 26.7. The first-order chi connectivity index (χ1) is 14.7. The second kappa shape index (κ2) is 12.1. The molecule has 6 nitrogen and oxygen atoms in total. The van der Waals surface area contributed by atoms with Gasteiger partial charge in [-0.05, 0) is 31.9 Å². The van der Waals surface area contributed by atoms with Crippen LogP contribution in [0.1, 0.15) is 19.8 Å². The maximum atomic E-state index is 12.7. The summed E-state index contributed by atoms with van der Waals surface area (Å²) in [6, 6.07) is 6.58. The molecule has 0 spiro atoms. The average molecular weight is 577 g/mol. The van der Waals surface area contributed by atoms with Gasteiger partial charge in [-0.25, -0.2) is 0 Å². The Labute approximate surface area is 201 Å². The molecule has 0 aliphatic carbocycles. The van der Waals surface area contributed by atoms with Crippen molar-refractivity contribution in [1.29, 1.82) is 0 Å². The summed E-state index contributed by atoms with van der Waals surface area (Å²) in [5.74, 6) is 0.694. The molecule has 2 saturated heterocycles. The van der Waals surface area contributed by atoms with Crippen LogP contribution >= 0.6 is 24.0 Å². The molecular formula is C20H29F5IN5O. The largest absolute Gasteiger partial charge is 0.433 e. The zero-order valence-corrected chi connectivity index (χ0v) is 20.1. The van der Waals surface area contributed by atoms with E-state index in [1.807, 2.05) is 11.8 Å². The van der Waals surface area contributed by atoms with Crippen molar-refractivity contribution in [1.82, 2.24) is 15.5 Å². The predicted molar refractivity (Wildman–Crippen MR) is 124 cm³/mol. The molecule has 2 unspecified atom stereocenters. The third kappa shape index (κ3) is 8.09. The number of halogens is 6. The average Bonchev–Trinajstić information content (AvgIpc) is 3.30. The quantitative estimate of drug-likeness (QED) is 0.224. The molecule has 2 atom stereocenters. The number of alkyl halides is 5. The molecule has 1 aromatic rings. The molecule has 2 aliphatic heterocycles. The molecule has 0 aromatic heterocycles. The van der Waals surface area contributed by atoms with Gasteiger partial charge in [-0.3, -0.25) is 9.89 Å². The Morgan fingerprint density at radius 3 is 2.44 bits per heavy atom. The molecule has 2 heterocycles. The second-order valence-electron chi connectivity index (χ2n) is 7.73. The van der Waals surface area contributed by atoms with Gasteiger partial charge in [0.1, 0.15) is 5.75 Å². The summed E-state index contributed by atoms with van der Waals surface area (Å²) in [7, 11) is 0. The van der Waals surface area contributed by atoms with E-state index in [1.54, 1.807) is 18.2 Å². The van der Waals surface area contributed by atoms with Gasteiger partial charge in [-0.2, -0.15) is 22.0 Å². The molecule has 182 valence electrons. The number of rotatable bonds is 7. The zero-order chi connectivity index (χ0) is 22.4. The van der Waals surface area contributed by atoms with Crippen molar-refractivity contribution in [3.05, 3.63) is 24.3 Å². The van der Waals surface area contributed by atoms with Crippen LogP contribution in [-0.2, 0) is 0 Å². The van der Waals surface area contributed by atoms with Crippen LogP contribution in [0.2, 0.25) is 0 Å². The van der Waals surface area contributed by atoms with Crippen LogP contribution in [0.3, 0.4) is 0 Å². The normalized spacial score (nSPS) is 22.2. The molecule has 32 heavy (non-hydrogen) atoms. The summed E-state index contributed by atoms with van der Waals surface area (Å²) >= 11 is 0. The summed E-state index contributed by atoms with van der Waals surface area (Å²) < 4.78 is 67.8. The van der Waals surface area contributed by atoms with E-state index in [9.17, 15) is 22.0 Å². The molecule has 2 N–H and O–H groups in total. The minimum Gasteiger partial charge on any atom is -0.433 e. The number of aliphatic imine (C=N–C) groups is 1. The Morgan fingerprint density at radius 2 is 1.78 bits per heavy atom. The van der Waals surface area contributed by atoms with E-state index in [-0.39, 0.29) is 41.8 Å². The van der Waals surface area contributed by atoms with Gasteiger partial charge >= 0.3 is 12.8 Å². The Kier molecular flexibility index (Phi) is 10.0. The molecule has 1 aromatic carbocycles. The summed E-state index contributed by atoms with van der Waals surface area (Å²) in [4.78, 5) is 7.78. The number of hydrogen-bond acceptors (Lipinski definition) is 4. The van der Waals surface area contributed by atoms with Crippen LogP contribution in [0, 0.1) is 0 Å². The minimum atomic E-state index is -4.20. The van der Waals surface area contributed by atoms with Crippen molar-refractivity contribution < 1.29 is 26.7 Å². The van der Waals surface area contributed by atoms with E-state index in [0.29, 0.717) is 50.8 Å². The van der Waals surface area contributed by atoms with E-state index in [0.717, 1.165) is 6.42 Å². The zero-order valence-electron chi connectivity index (χ0n) is 17.7. The van der Waals surface area contributed by atoms with E-state index in [4.69, 9.17) is 0 Å². The molecule has 2 fully saturated rings. The van der Waals surface area contributed by atoms with Gasteiger partial charge in [-0.15, -0.1) is 24.0 Å². The lowest BCUT2D eigenvalue weighted by molar-refractivity contribution is -0.143. The molecule has 0 saturated carbocycles. The Hall–Kier alpha value is -1.57. The van der Waals surface area contributed by atoms with Crippen LogP contribution in [-0.4, -0.2) is 75.0 Å². The van der Waals surface area contributed by atoms with Gasteiger partial charge in [-0.1, -0.05) is 12.1 Å². The molecule has 12 heteroatoms. The van der Waals surface area contributed by atoms with Gasteiger partial charge in [0.05, 0.1) is 12.2 Å². The van der Waals surface area contributed by atoms with Crippen LogP contribution in [0.15, 0.2) is 29.3 Å². The lowest BCUT2D eigenvalue weighted by Gasteiger charge is -2.24. The number of guanidine groups is 1. The molecule has 0 bridgehead atoms. The van der Waals surface area contributed by atoms with Crippen molar-refractivity contribution >= 4 is 35.6 Å². The number of para-hydroxylation sites is 2. The standard InChI is InChI=1S/C20H28F5N5O.HI/c1-2-26-19(27-14-7-9-29(11-14)13-20(23,24)25)28-15-8-10-30(12-15)16-5-3-4-6-17(16)31-18(21)22;/h3-6,14-15,18H,2,7-13H2,1H3,(H2,26,27,28);1H.